The van der Waals surface area contributed by atoms with Gasteiger partial charge in [0, 0.05) is 30.7 Å². The van der Waals surface area contributed by atoms with Gasteiger partial charge in [-0.1, -0.05) is 35.5 Å². The average Bonchev–Trinajstić information content (AvgIpc) is 3.24. The summed E-state index contributed by atoms with van der Waals surface area (Å²) in [7, 11) is 3.75. The maximum absolute atomic E-state index is 12.5. The Morgan fingerprint density at radius 2 is 1.92 bits per heavy atom. The third-order valence-corrected chi connectivity index (χ3v) is 4.84. The number of aryl methyl sites for hydroxylation is 1. The molecule has 1 amide bonds. The van der Waals surface area contributed by atoms with Crippen molar-refractivity contribution in [3.63, 3.8) is 0 Å². The lowest BCUT2D eigenvalue weighted by atomic mass is 10.2. The van der Waals surface area contributed by atoms with E-state index in [0.717, 1.165) is 17.2 Å². The minimum absolute atomic E-state index is 0.168. The van der Waals surface area contributed by atoms with Crippen molar-refractivity contribution in [3.05, 3.63) is 69.5 Å². The molecule has 7 heteroatoms. The van der Waals surface area contributed by atoms with Crippen LogP contribution in [0.2, 0.25) is 0 Å². The molecule has 0 N–H and O–H groups in total. The highest BCUT2D eigenvalue weighted by Gasteiger charge is 2.18. The Kier molecular flexibility index (Phi) is 5.80. The van der Waals surface area contributed by atoms with Crippen molar-refractivity contribution in [1.82, 2.24) is 19.9 Å². The highest BCUT2D eigenvalue weighted by molar-refractivity contribution is 7.09. The molecular weight excluding hydrogens is 348 g/mol. The van der Waals surface area contributed by atoms with Gasteiger partial charge in [-0.3, -0.25) is 9.69 Å². The van der Waals surface area contributed by atoms with Gasteiger partial charge >= 0.3 is 0 Å². The van der Waals surface area contributed by atoms with Gasteiger partial charge in [-0.25, -0.2) is 4.98 Å². The van der Waals surface area contributed by atoms with Crippen LogP contribution in [0.1, 0.15) is 32.5 Å². The average molecular weight is 370 g/mol. The van der Waals surface area contributed by atoms with E-state index in [1.807, 2.05) is 37.6 Å². The summed E-state index contributed by atoms with van der Waals surface area (Å²) >= 11 is 1.55. The van der Waals surface area contributed by atoms with Gasteiger partial charge in [0.2, 0.25) is 0 Å². The van der Waals surface area contributed by atoms with Gasteiger partial charge in [-0.05, 0) is 19.5 Å². The van der Waals surface area contributed by atoms with Crippen LogP contribution in [0.5, 0.6) is 0 Å². The molecule has 0 aliphatic heterocycles. The molecule has 2 heterocycles. The highest BCUT2D eigenvalue weighted by Crippen LogP contribution is 2.14. The number of thiazole rings is 1. The number of hydrogen-bond donors (Lipinski definition) is 0. The minimum Gasteiger partial charge on any atom is -0.359 e. The number of amides is 1. The van der Waals surface area contributed by atoms with E-state index in [0.29, 0.717) is 24.5 Å². The summed E-state index contributed by atoms with van der Waals surface area (Å²) in [4.78, 5) is 20.6. The number of carbonyl (C=O) groups excluding carboxylic acids is 1. The van der Waals surface area contributed by atoms with Gasteiger partial charge in [0.25, 0.3) is 5.91 Å². The van der Waals surface area contributed by atoms with Crippen LogP contribution in [0.4, 0.5) is 0 Å². The Labute approximate surface area is 157 Å². The first-order valence-electron chi connectivity index (χ1n) is 8.36. The topological polar surface area (TPSA) is 62.5 Å². The van der Waals surface area contributed by atoms with Crippen molar-refractivity contribution in [2.75, 3.05) is 14.1 Å². The van der Waals surface area contributed by atoms with E-state index in [1.54, 1.807) is 29.4 Å². The molecule has 0 saturated heterocycles. The van der Waals surface area contributed by atoms with Crippen molar-refractivity contribution in [2.24, 2.45) is 0 Å². The number of nitrogens with zero attached hydrogens (tertiary/aromatic N) is 4. The van der Waals surface area contributed by atoms with Crippen LogP contribution < -0.4 is 0 Å². The number of hydrogen-bond acceptors (Lipinski definition) is 6. The fourth-order valence-corrected chi connectivity index (χ4v) is 3.48. The quantitative estimate of drug-likeness (QED) is 0.638. The SMILES string of the molecule is Cc1csc(CN(C)C(=O)c2cc(CN(C)Cc3ccccc3)on2)n1. The lowest BCUT2D eigenvalue weighted by molar-refractivity contribution is 0.0774. The lowest BCUT2D eigenvalue weighted by Gasteiger charge is -2.14. The van der Waals surface area contributed by atoms with Crippen LogP contribution >= 0.6 is 11.3 Å². The molecule has 0 fully saturated rings. The van der Waals surface area contributed by atoms with Crippen LogP contribution in [0.25, 0.3) is 0 Å². The predicted molar refractivity (Wildman–Crippen MR) is 101 cm³/mol. The van der Waals surface area contributed by atoms with Crippen LogP contribution in [0, 0.1) is 6.92 Å². The van der Waals surface area contributed by atoms with E-state index >= 15 is 0 Å². The highest BCUT2D eigenvalue weighted by atomic mass is 32.1. The van der Waals surface area contributed by atoms with E-state index in [1.165, 1.54) is 5.56 Å². The Morgan fingerprint density at radius 1 is 1.15 bits per heavy atom. The molecule has 3 aromatic rings. The van der Waals surface area contributed by atoms with Crippen molar-refractivity contribution in [1.29, 1.82) is 0 Å². The molecular formula is C19H22N4O2S. The Morgan fingerprint density at radius 3 is 2.62 bits per heavy atom. The molecule has 0 atom stereocenters. The Hall–Kier alpha value is -2.51. The molecule has 3 rings (SSSR count). The zero-order valence-corrected chi connectivity index (χ0v) is 16.0. The molecule has 26 heavy (non-hydrogen) atoms. The maximum atomic E-state index is 12.5. The molecule has 6 nitrogen and oxygen atoms in total. The first kappa shape index (κ1) is 18.3. The maximum Gasteiger partial charge on any atom is 0.276 e. The third-order valence-electron chi connectivity index (χ3n) is 3.88. The van der Waals surface area contributed by atoms with E-state index in [9.17, 15) is 4.79 Å². The standard InChI is InChI=1S/C19H22N4O2S/c1-14-13-26-18(20-14)12-23(3)19(24)17-9-16(25-21-17)11-22(2)10-15-7-5-4-6-8-15/h4-9,13H,10-12H2,1-3H3. The Bertz CT molecular complexity index is 859. The smallest absolute Gasteiger partial charge is 0.276 e. The summed E-state index contributed by atoms with van der Waals surface area (Å²) in [5.74, 6) is 0.504. The van der Waals surface area contributed by atoms with Gasteiger partial charge in [-0.2, -0.15) is 0 Å². The summed E-state index contributed by atoms with van der Waals surface area (Å²) in [6.07, 6.45) is 0. The zero-order chi connectivity index (χ0) is 18.5. The molecule has 2 aromatic heterocycles. The summed E-state index contributed by atoms with van der Waals surface area (Å²) in [5, 5.41) is 6.82. The molecule has 0 radical (unpaired) electrons. The van der Waals surface area contributed by atoms with Gasteiger partial charge in [0.1, 0.15) is 5.01 Å². The zero-order valence-electron chi connectivity index (χ0n) is 15.2. The van der Waals surface area contributed by atoms with E-state index in [4.69, 9.17) is 4.52 Å². The van der Waals surface area contributed by atoms with Crippen molar-refractivity contribution < 1.29 is 9.32 Å². The van der Waals surface area contributed by atoms with Crippen molar-refractivity contribution in [3.8, 4) is 0 Å². The normalized spacial score (nSPS) is 11.1. The summed E-state index contributed by atoms with van der Waals surface area (Å²) in [6, 6.07) is 11.9. The molecule has 0 aliphatic rings. The fourth-order valence-electron chi connectivity index (χ4n) is 2.65. The molecule has 0 spiro atoms. The number of rotatable bonds is 7. The first-order valence-corrected chi connectivity index (χ1v) is 9.24. The first-order chi connectivity index (χ1) is 12.5. The summed E-state index contributed by atoms with van der Waals surface area (Å²) in [6.45, 7) is 3.80. The van der Waals surface area contributed by atoms with Crippen molar-refractivity contribution in [2.45, 2.75) is 26.6 Å². The molecule has 0 bridgehead atoms. The van der Waals surface area contributed by atoms with Crippen molar-refractivity contribution >= 4 is 17.2 Å². The van der Waals surface area contributed by atoms with Gasteiger partial charge in [-0.15, -0.1) is 11.3 Å². The van der Waals surface area contributed by atoms with Crippen LogP contribution in [-0.4, -0.2) is 39.9 Å². The van der Waals surface area contributed by atoms with Gasteiger partial charge in [0.05, 0.1) is 13.1 Å². The summed E-state index contributed by atoms with van der Waals surface area (Å²) < 4.78 is 5.35. The molecule has 0 unspecified atom stereocenters. The predicted octanol–water partition coefficient (Wildman–Crippen LogP) is 3.34. The second kappa shape index (κ2) is 8.25. The number of carbonyl (C=O) groups is 1. The van der Waals surface area contributed by atoms with E-state index < -0.39 is 0 Å². The number of aromatic nitrogens is 2. The monoisotopic (exact) mass is 370 g/mol. The fraction of sp³-hybridized carbons (Fsp3) is 0.316. The van der Waals surface area contributed by atoms with Crippen LogP contribution in [0.3, 0.4) is 0 Å². The number of benzene rings is 1. The third kappa shape index (κ3) is 4.77. The van der Waals surface area contributed by atoms with Gasteiger partial charge < -0.3 is 9.42 Å². The van der Waals surface area contributed by atoms with Gasteiger partial charge in [0.15, 0.2) is 11.5 Å². The van der Waals surface area contributed by atoms with E-state index in [2.05, 4.69) is 27.2 Å². The summed E-state index contributed by atoms with van der Waals surface area (Å²) in [5.41, 5.74) is 2.52. The second-order valence-corrected chi connectivity index (χ2v) is 7.32. The minimum atomic E-state index is -0.168. The molecule has 0 saturated carbocycles. The lowest BCUT2D eigenvalue weighted by Crippen LogP contribution is -2.26. The largest absolute Gasteiger partial charge is 0.359 e. The molecule has 0 aliphatic carbocycles. The van der Waals surface area contributed by atoms with E-state index in [-0.39, 0.29) is 5.91 Å². The molecule has 136 valence electrons. The van der Waals surface area contributed by atoms with Crippen LogP contribution in [0.15, 0.2) is 46.3 Å². The molecule has 1 aromatic carbocycles. The Balaban J connectivity index is 1.57. The second-order valence-electron chi connectivity index (χ2n) is 6.38. The van der Waals surface area contributed by atoms with Crippen LogP contribution in [-0.2, 0) is 19.6 Å².